The van der Waals surface area contributed by atoms with Crippen LogP contribution in [0.5, 0.6) is 0 Å². The number of carbonyl (C=O) groups is 3. The second kappa shape index (κ2) is 7.77. The lowest BCUT2D eigenvalue weighted by Crippen LogP contribution is -2.45. The average molecular weight is 284 g/mol. The first-order valence-corrected chi connectivity index (χ1v) is 5.93. The second-order valence-electron chi connectivity index (χ2n) is 4.00. The Morgan fingerprint density at radius 1 is 1.20 bits per heavy atom. The number of rotatable bonds is 8. The van der Waals surface area contributed by atoms with Gasteiger partial charge >= 0.3 is 18.0 Å². The molecule has 0 aliphatic rings. The average Bonchev–Trinajstić information content (AvgIpc) is 2.85. The summed E-state index contributed by atoms with van der Waals surface area (Å²) >= 11 is 0. The molecule has 1 aromatic rings. The van der Waals surface area contributed by atoms with Crippen LogP contribution in [0.3, 0.4) is 0 Å². The Labute approximate surface area is 114 Å². The number of carboxylic acids is 2. The number of carbonyl (C=O) groups excluding carboxylic acids is 1. The van der Waals surface area contributed by atoms with Gasteiger partial charge in [-0.05, 0) is 12.5 Å². The number of carboxylic acid groups (broad SMARTS) is 2. The lowest BCUT2D eigenvalue weighted by atomic mass is 10.4. The van der Waals surface area contributed by atoms with Gasteiger partial charge in [0.05, 0.1) is 0 Å². The molecule has 0 radical (unpaired) electrons. The summed E-state index contributed by atoms with van der Waals surface area (Å²) in [7, 11) is 0. The first-order valence-electron chi connectivity index (χ1n) is 5.93. The Morgan fingerprint density at radius 3 is 2.35 bits per heavy atom. The maximum atomic E-state index is 11.6. The number of hydrogen-bond acceptors (Lipinski definition) is 4. The van der Waals surface area contributed by atoms with Crippen molar-refractivity contribution < 1.29 is 24.6 Å². The highest BCUT2D eigenvalue weighted by atomic mass is 16.4. The van der Waals surface area contributed by atoms with Gasteiger partial charge in [-0.1, -0.05) is 0 Å². The number of amides is 2. The van der Waals surface area contributed by atoms with E-state index < -0.39 is 31.1 Å². The van der Waals surface area contributed by atoms with Crippen LogP contribution in [0.4, 0.5) is 4.79 Å². The van der Waals surface area contributed by atoms with Crippen LogP contribution >= 0.6 is 0 Å². The first-order chi connectivity index (χ1) is 9.49. The number of aliphatic carboxylic acids is 2. The van der Waals surface area contributed by atoms with Crippen molar-refractivity contribution in [2.24, 2.45) is 0 Å². The van der Waals surface area contributed by atoms with Crippen LogP contribution in [0.1, 0.15) is 6.42 Å². The molecule has 0 atom stereocenters. The van der Waals surface area contributed by atoms with E-state index in [1.165, 1.54) is 0 Å². The van der Waals surface area contributed by atoms with Gasteiger partial charge in [0, 0.05) is 25.5 Å². The molecule has 1 heterocycles. The van der Waals surface area contributed by atoms with E-state index in [1.54, 1.807) is 23.1 Å². The zero-order chi connectivity index (χ0) is 15.0. The van der Waals surface area contributed by atoms with Gasteiger partial charge in [0.15, 0.2) is 0 Å². The molecular weight excluding hydrogens is 268 g/mol. The summed E-state index contributed by atoms with van der Waals surface area (Å²) < 4.78 is 1.69. The van der Waals surface area contributed by atoms with Gasteiger partial charge < -0.3 is 20.4 Å². The van der Waals surface area contributed by atoms with E-state index in [-0.39, 0.29) is 0 Å². The van der Waals surface area contributed by atoms with Crippen LogP contribution in [0.25, 0.3) is 0 Å². The van der Waals surface area contributed by atoms with Crippen molar-refractivity contribution in [2.45, 2.75) is 13.0 Å². The number of nitrogens with one attached hydrogen (secondary N) is 1. The van der Waals surface area contributed by atoms with E-state index in [2.05, 4.69) is 10.4 Å². The predicted octanol–water partition coefficient (Wildman–Crippen LogP) is -0.546. The minimum Gasteiger partial charge on any atom is -0.480 e. The van der Waals surface area contributed by atoms with Gasteiger partial charge in [0.2, 0.25) is 0 Å². The summed E-state index contributed by atoms with van der Waals surface area (Å²) in [6, 6.07) is 1.07. The highest BCUT2D eigenvalue weighted by Gasteiger charge is 2.18. The lowest BCUT2D eigenvalue weighted by molar-refractivity contribution is -0.140. The SMILES string of the molecule is O=C(O)CN(CC(=O)O)C(=O)NCCCn1cccn1. The molecule has 20 heavy (non-hydrogen) atoms. The third kappa shape index (κ3) is 5.85. The quantitative estimate of drug-likeness (QED) is 0.550. The molecule has 0 spiro atoms. The van der Waals surface area contributed by atoms with Gasteiger partial charge in [-0.3, -0.25) is 14.3 Å². The van der Waals surface area contributed by atoms with E-state index in [1.807, 2.05) is 0 Å². The molecule has 0 fully saturated rings. The van der Waals surface area contributed by atoms with Gasteiger partial charge in [-0.15, -0.1) is 0 Å². The van der Waals surface area contributed by atoms with Crippen molar-refractivity contribution in [2.75, 3.05) is 19.6 Å². The fourth-order valence-corrected chi connectivity index (χ4v) is 1.51. The summed E-state index contributed by atoms with van der Waals surface area (Å²) in [6.07, 6.45) is 4.02. The molecular formula is C11H16N4O5. The van der Waals surface area contributed by atoms with Crippen LogP contribution in [0.2, 0.25) is 0 Å². The molecule has 0 saturated carbocycles. The van der Waals surface area contributed by atoms with Crippen molar-refractivity contribution in [3.05, 3.63) is 18.5 Å². The highest BCUT2D eigenvalue weighted by Crippen LogP contribution is 1.92. The van der Waals surface area contributed by atoms with Gasteiger partial charge in [-0.25, -0.2) is 4.79 Å². The number of nitrogens with zero attached hydrogens (tertiary/aromatic N) is 3. The van der Waals surface area contributed by atoms with Crippen molar-refractivity contribution in [3.63, 3.8) is 0 Å². The summed E-state index contributed by atoms with van der Waals surface area (Å²) in [5.74, 6) is -2.53. The maximum Gasteiger partial charge on any atom is 0.323 e. The Bertz CT molecular complexity index is 443. The first kappa shape index (κ1) is 15.5. The fourth-order valence-electron chi connectivity index (χ4n) is 1.51. The molecule has 9 nitrogen and oxygen atoms in total. The van der Waals surface area contributed by atoms with Crippen LogP contribution in [-0.2, 0) is 16.1 Å². The number of urea groups is 1. The van der Waals surface area contributed by atoms with E-state index >= 15 is 0 Å². The Balaban J connectivity index is 2.33. The van der Waals surface area contributed by atoms with Crippen LogP contribution in [0, 0.1) is 0 Å². The van der Waals surface area contributed by atoms with Crippen molar-refractivity contribution in [1.29, 1.82) is 0 Å². The number of hydrogen-bond donors (Lipinski definition) is 3. The molecule has 0 aromatic carbocycles. The molecule has 1 rings (SSSR count). The van der Waals surface area contributed by atoms with Crippen molar-refractivity contribution in [1.82, 2.24) is 20.0 Å². The van der Waals surface area contributed by atoms with Crippen LogP contribution < -0.4 is 5.32 Å². The second-order valence-corrected chi connectivity index (χ2v) is 4.00. The third-order valence-electron chi connectivity index (χ3n) is 2.34. The summed E-state index contributed by atoms with van der Waals surface area (Å²) in [5, 5.41) is 23.7. The van der Waals surface area contributed by atoms with Crippen LogP contribution in [-0.4, -0.2) is 62.5 Å². The topological polar surface area (TPSA) is 125 Å². The Morgan fingerprint density at radius 2 is 1.85 bits per heavy atom. The largest absolute Gasteiger partial charge is 0.480 e. The smallest absolute Gasteiger partial charge is 0.323 e. The molecule has 1 aromatic heterocycles. The lowest BCUT2D eigenvalue weighted by Gasteiger charge is -2.18. The molecule has 0 unspecified atom stereocenters. The predicted molar refractivity (Wildman–Crippen MR) is 67.1 cm³/mol. The van der Waals surface area contributed by atoms with Gasteiger partial charge in [0.1, 0.15) is 13.1 Å². The van der Waals surface area contributed by atoms with E-state index in [0.29, 0.717) is 19.5 Å². The summed E-state index contributed by atoms with van der Waals surface area (Å²) in [5.41, 5.74) is 0. The molecule has 9 heteroatoms. The van der Waals surface area contributed by atoms with Crippen molar-refractivity contribution >= 4 is 18.0 Å². The van der Waals surface area contributed by atoms with E-state index in [0.717, 1.165) is 4.90 Å². The van der Waals surface area contributed by atoms with Crippen molar-refractivity contribution in [3.8, 4) is 0 Å². The minimum absolute atomic E-state index is 0.300. The van der Waals surface area contributed by atoms with E-state index in [4.69, 9.17) is 10.2 Å². The monoisotopic (exact) mass is 284 g/mol. The molecule has 0 bridgehead atoms. The van der Waals surface area contributed by atoms with E-state index in [9.17, 15) is 14.4 Å². The summed E-state index contributed by atoms with van der Waals surface area (Å²) in [4.78, 5) is 33.5. The van der Waals surface area contributed by atoms with Gasteiger partial charge in [-0.2, -0.15) is 5.10 Å². The number of aromatic nitrogens is 2. The third-order valence-corrected chi connectivity index (χ3v) is 2.34. The van der Waals surface area contributed by atoms with Gasteiger partial charge in [0.25, 0.3) is 0 Å². The zero-order valence-corrected chi connectivity index (χ0v) is 10.7. The van der Waals surface area contributed by atoms with Crippen LogP contribution in [0.15, 0.2) is 18.5 Å². The zero-order valence-electron chi connectivity index (χ0n) is 10.7. The molecule has 2 amide bonds. The molecule has 3 N–H and O–H groups in total. The Kier molecular flexibility index (Phi) is 6.01. The fraction of sp³-hybridized carbons (Fsp3) is 0.455. The minimum atomic E-state index is -1.27. The normalized spacial score (nSPS) is 10.0. The molecule has 0 aliphatic carbocycles. The number of aryl methyl sites for hydroxylation is 1. The standard InChI is InChI=1S/C11H16N4O5/c16-9(17)7-14(8-10(18)19)11(20)12-3-1-5-15-6-2-4-13-15/h2,4,6H,1,3,5,7-8H2,(H,12,20)(H,16,17)(H,18,19). The Hall–Kier alpha value is -2.58. The highest BCUT2D eigenvalue weighted by molar-refractivity contribution is 5.84. The molecule has 0 aliphatic heterocycles. The molecule has 0 saturated heterocycles. The summed E-state index contributed by atoms with van der Waals surface area (Å²) in [6.45, 7) is -0.409. The maximum absolute atomic E-state index is 11.6. The molecule has 110 valence electrons.